The van der Waals surface area contributed by atoms with Crippen molar-refractivity contribution in [1.82, 2.24) is 0 Å². The van der Waals surface area contributed by atoms with E-state index in [-0.39, 0.29) is 31.0 Å². The van der Waals surface area contributed by atoms with Gasteiger partial charge in [0.05, 0.1) is 31.5 Å². The Labute approximate surface area is 108 Å². The van der Waals surface area contributed by atoms with Gasteiger partial charge in [0.15, 0.2) is 0 Å². The smallest absolute Gasteiger partial charge is 0.112 e. The van der Waals surface area contributed by atoms with Crippen molar-refractivity contribution in [2.75, 3.05) is 34.5 Å². The summed E-state index contributed by atoms with van der Waals surface area (Å²) >= 11 is 0. The summed E-state index contributed by atoms with van der Waals surface area (Å²) in [5.74, 6) is 0. The molecular formula is C12H24O6. The van der Waals surface area contributed by atoms with Crippen LogP contribution in [0.2, 0.25) is 0 Å². The van der Waals surface area contributed by atoms with Gasteiger partial charge in [-0.05, 0) is 0 Å². The van der Waals surface area contributed by atoms with Gasteiger partial charge in [-0.1, -0.05) is 0 Å². The maximum atomic E-state index is 9.48. The van der Waals surface area contributed by atoms with E-state index in [1.165, 1.54) is 0 Å². The van der Waals surface area contributed by atoms with Crippen molar-refractivity contribution in [3.05, 3.63) is 0 Å². The zero-order chi connectivity index (χ0) is 13.5. The van der Waals surface area contributed by atoms with Crippen LogP contribution < -0.4 is 0 Å². The average Bonchev–Trinajstić information content (AvgIpc) is 2.38. The zero-order valence-electron chi connectivity index (χ0n) is 11.2. The fourth-order valence-electron chi connectivity index (χ4n) is 2.37. The van der Waals surface area contributed by atoms with Crippen LogP contribution in [-0.4, -0.2) is 75.3 Å². The number of hydrogen-bond acceptors (Lipinski definition) is 6. The molecule has 1 aliphatic heterocycles. The molecule has 108 valence electrons. The largest absolute Gasteiger partial charge is 0.394 e. The molecule has 18 heavy (non-hydrogen) atoms. The standard InChI is InChI=1S/C12H24O6/c1-15-7-11-12(17-3)10(16-2)5-9(18-11)4-8(14)6-13/h8-14H,4-7H2,1-3H3/t8-,9-,10-,11-,12+/m1/s1. The first-order valence-electron chi connectivity index (χ1n) is 6.15. The predicted octanol–water partition coefficient (Wildman–Crippen LogP) is -0.436. The molecule has 6 heteroatoms. The van der Waals surface area contributed by atoms with Gasteiger partial charge in [0.1, 0.15) is 12.2 Å². The Kier molecular flexibility index (Phi) is 7.06. The monoisotopic (exact) mass is 264 g/mol. The molecule has 1 aliphatic rings. The lowest BCUT2D eigenvalue weighted by atomic mass is 9.95. The SMILES string of the molecule is COC[C@H]1O[C@H](C[C@@H](O)CO)C[C@@H](OC)[C@@H]1OC. The van der Waals surface area contributed by atoms with E-state index in [0.717, 1.165) is 0 Å². The average molecular weight is 264 g/mol. The van der Waals surface area contributed by atoms with Crippen LogP contribution in [0.1, 0.15) is 12.8 Å². The van der Waals surface area contributed by atoms with Crippen LogP contribution in [0, 0.1) is 0 Å². The second-order valence-corrected chi connectivity index (χ2v) is 4.53. The molecule has 0 saturated carbocycles. The van der Waals surface area contributed by atoms with Gasteiger partial charge in [-0.3, -0.25) is 0 Å². The highest BCUT2D eigenvalue weighted by Gasteiger charge is 2.39. The summed E-state index contributed by atoms with van der Waals surface area (Å²) < 4.78 is 21.8. The van der Waals surface area contributed by atoms with Gasteiger partial charge in [-0.25, -0.2) is 0 Å². The minimum Gasteiger partial charge on any atom is -0.394 e. The van der Waals surface area contributed by atoms with Crippen LogP contribution in [0.5, 0.6) is 0 Å². The van der Waals surface area contributed by atoms with Crippen molar-refractivity contribution in [2.24, 2.45) is 0 Å². The lowest BCUT2D eigenvalue weighted by molar-refractivity contribution is -0.204. The van der Waals surface area contributed by atoms with E-state index in [1.54, 1.807) is 21.3 Å². The van der Waals surface area contributed by atoms with E-state index < -0.39 is 6.10 Å². The topological polar surface area (TPSA) is 77.4 Å². The van der Waals surface area contributed by atoms with E-state index >= 15 is 0 Å². The maximum Gasteiger partial charge on any atom is 0.112 e. The Morgan fingerprint density at radius 3 is 2.50 bits per heavy atom. The number of rotatable bonds is 7. The number of ether oxygens (including phenoxy) is 4. The minimum absolute atomic E-state index is 0.0974. The summed E-state index contributed by atoms with van der Waals surface area (Å²) in [6, 6.07) is 0. The third kappa shape index (κ3) is 4.15. The molecule has 0 bridgehead atoms. The highest BCUT2D eigenvalue weighted by molar-refractivity contribution is 4.88. The highest BCUT2D eigenvalue weighted by Crippen LogP contribution is 2.27. The molecular weight excluding hydrogens is 240 g/mol. The number of aliphatic hydroxyl groups excluding tert-OH is 2. The molecule has 0 aliphatic carbocycles. The van der Waals surface area contributed by atoms with Crippen LogP contribution in [-0.2, 0) is 18.9 Å². The van der Waals surface area contributed by atoms with E-state index in [1.807, 2.05) is 0 Å². The number of methoxy groups -OCH3 is 3. The quantitative estimate of drug-likeness (QED) is 0.649. The molecule has 1 saturated heterocycles. The molecule has 1 fully saturated rings. The molecule has 0 amide bonds. The molecule has 5 atom stereocenters. The van der Waals surface area contributed by atoms with E-state index in [0.29, 0.717) is 19.4 Å². The molecule has 1 rings (SSSR count). The molecule has 6 nitrogen and oxygen atoms in total. The second kappa shape index (κ2) is 8.04. The summed E-state index contributed by atoms with van der Waals surface area (Å²) in [5.41, 5.74) is 0. The van der Waals surface area contributed by atoms with Gasteiger partial charge >= 0.3 is 0 Å². The molecule has 1 heterocycles. The van der Waals surface area contributed by atoms with Crippen molar-refractivity contribution in [1.29, 1.82) is 0 Å². The maximum absolute atomic E-state index is 9.48. The Morgan fingerprint density at radius 1 is 1.28 bits per heavy atom. The number of hydrogen-bond donors (Lipinski definition) is 2. The third-order valence-electron chi connectivity index (χ3n) is 3.25. The normalized spacial score (nSPS) is 34.5. The molecule has 0 spiro atoms. The van der Waals surface area contributed by atoms with Crippen LogP contribution in [0.4, 0.5) is 0 Å². The summed E-state index contributed by atoms with van der Waals surface area (Å²) in [7, 11) is 4.85. The van der Waals surface area contributed by atoms with Crippen LogP contribution >= 0.6 is 0 Å². The fourth-order valence-corrected chi connectivity index (χ4v) is 2.37. The lowest BCUT2D eigenvalue weighted by Gasteiger charge is -2.40. The van der Waals surface area contributed by atoms with Crippen LogP contribution in [0.15, 0.2) is 0 Å². The van der Waals surface area contributed by atoms with Crippen LogP contribution in [0.25, 0.3) is 0 Å². The molecule has 0 radical (unpaired) electrons. The molecule has 0 unspecified atom stereocenters. The summed E-state index contributed by atoms with van der Waals surface area (Å²) in [6.07, 6.45) is -0.426. The Morgan fingerprint density at radius 2 is 2.00 bits per heavy atom. The minimum atomic E-state index is -0.769. The third-order valence-corrected chi connectivity index (χ3v) is 3.25. The lowest BCUT2D eigenvalue weighted by Crippen LogP contribution is -2.52. The molecule has 2 N–H and O–H groups in total. The van der Waals surface area contributed by atoms with Crippen molar-refractivity contribution in [3.8, 4) is 0 Å². The van der Waals surface area contributed by atoms with Gasteiger partial charge < -0.3 is 29.2 Å². The Balaban J connectivity index is 2.63. The predicted molar refractivity (Wildman–Crippen MR) is 64.5 cm³/mol. The van der Waals surface area contributed by atoms with Crippen molar-refractivity contribution in [2.45, 2.75) is 43.4 Å². The van der Waals surface area contributed by atoms with Gasteiger partial charge in [-0.15, -0.1) is 0 Å². The highest BCUT2D eigenvalue weighted by atomic mass is 16.6. The fraction of sp³-hybridized carbons (Fsp3) is 1.00. The Bertz CT molecular complexity index is 225. The molecule has 0 aromatic carbocycles. The van der Waals surface area contributed by atoms with Crippen molar-refractivity contribution in [3.63, 3.8) is 0 Å². The first-order valence-corrected chi connectivity index (χ1v) is 6.15. The first-order chi connectivity index (χ1) is 8.65. The summed E-state index contributed by atoms with van der Waals surface area (Å²) in [4.78, 5) is 0. The summed E-state index contributed by atoms with van der Waals surface area (Å²) in [5, 5.41) is 18.3. The van der Waals surface area contributed by atoms with E-state index in [9.17, 15) is 5.11 Å². The Hall–Kier alpha value is -0.240. The number of aliphatic hydroxyl groups is 2. The van der Waals surface area contributed by atoms with Gasteiger partial charge in [-0.2, -0.15) is 0 Å². The summed E-state index contributed by atoms with van der Waals surface area (Å²) in [6.45, 7) is 0.143. The van der Waals surface area contributed by atoms with Gasteiger partial charge in [0.2, 0.25) is 0 Å². The van der Waals surface area contributed by atoms with Crippen molar-refractivity contribution < 1.29 is 29.2 Å². The molecule has 0 aromatic heterocycles. The van der Waals surface area contributed by atoms with Crippen LogP contribution in [0.3, 0.4) is 0 Å². The van der Waals surface area contributed by atoms with E-state index in [4.69, 9.17) is 24.1 Å². The zero-order valence-corrected chi connectivity index (χ0v) is 11.2. The van der Waals surface area contributed by atoms with Crippen molar-refractivity contribution >= 4 is 0 Å². The second-order valence-electron chi connectivity index (χ2n) is 4.53. The van der Waals surface area contributed by atoms with Gasteiger partial charge in [0.25, 0.3) is 0 Å². The molecule has 0 aromatic rings. The first kappa shape index (κ1) is 15.8. The van der Waals surface area contributed by atoms with Gasteiger partial charge in [0, 0.05) is 34.2 Å². The van der Waals surface area contributed by atoms with E-state index in [2.05, 4.69) is 0 Å².